The van der Waals surface area contributed by atoms with E-state index in [1.165, 1.54) is 22.8 Å². The van der Waals surface area contributed by atoms with E-state index in [-0.39, 0.29) is 18.0 Å². The van der Waals surface area contributed by atoms with Gasteiger partial charge in [0, 0.05) is 12.0 Å². The van der Waals surface area contributed by atoms with Gasteiger partial charge >= 0.3 is 11.9 Å². The topological polar surface area (TPSA) is 122 Å². The molecule has 33 heavy (non-hydrogen) atoms. The summed E-state index contributed by atoms with van der Waals surface area (Å²) < 4.78 is 53.4. The highest BCUT2D eigenvalue weighted by molar-refractivity contribution is 7.90. The molecule has 1 saturated heterocycles. The van der Waals surface area contributed by atoms with Crippen molar-refractivity contribution in [3.63, 3.8) is 0 Å². The highest BCUT2D eigenvalue weighted by Crippen LogP contribution is 2.37. The van der Waals surface area contributed by atoms with E-state index < -0.39 is 39.4 Å². The van der Waals surface area contributed by atoms with Crippen LogP contribution in [0.1, 0.15) is 24.3 Å². The molecule has 1 unspecified atom stereocenters. The quantitative estimate of drug-likeness (QED) is 0.548. The zero-order chi connectivity index (χ0) is 23.4. The van der Waals surface area contributed by atoms with Crippen molar-refractivity contribution >= 4 is 27.7 Å². The number of fused-ring (bicyclic) bond motifs is 1. The van der Waals surface area contributed by atoms with Gasteiger partial charge in [0.1, 0.15) is 29.8 Å². The minimum absolute atomic E-state index is 0.106. The number of urea groups is 1. The summed E-state index contributed by atoms with van der Waals surface area (Å²) in [5.74, 6) is -0.177. The first kappa shape index (κ1) is 22.1. The zero-order valence-electron chi connectivity index (χ0n) is 18.0. The van der Waals surface area contributed by atoms with E-state index in [0.717, 1.165) is 4.90 Å². The molecule has 0 aromatic carbocycles. The normalized spacial score (nSPS) is 24.6. The molecule has 4 aliphatic rings. The molecule has 2 fully saturated rings. The molecule has 5 rings (SSSR count). The van der Waals surface area contributed by atoms with Crippen molar-refractivity contribution in [3.8, 4) is 0 Å². The lowest BCUT2D eigenvalue weighted by Gasteiger charge is -2.30. The van der Waals surface area contributed by atoms with Gasteiger partial charge in [0.05, 0.1) is 24.4 Å². The molecule has 2 aliphatic heterocycles. The number of rotatable bonds is 8. The van der Waals surface area contributed by atoms with Crippen molar-refractivity contribution in [1.82, 2.24) is 14.8 Å². The fourth-order valence-electron chi connectivity index (χ4n) is 4.07. The molecule has 1 aromatic heterocycles. The summed E-state index contributed by atoms with van der Waals surface area (Å²) >= 11 is 0. The average Bonchev–Trinajstić information content (AvgIpc) is 3.40. The number of hydrogen-bond donors (Lipinski definition) is 1. The Kier molecular flexibility index (Phi) is 5.33. The standard InChI is InChI=1S/C21H24FN4O6S/c1-13-6-15(32-23-13)9-26-19(27)17-7-16(33(29,30)24-21(12-22)4-5-21)2-3-18(17)25(20(26)28)8-14-10-31-11-14/h2-3,6-7,14,16,24H,4-5,8-12H2,1H3/q+1. The number of halogens is 1. The number of aromatic nitrogens is 1. The molecule has 1 N–H and O–H groups in total. The van der Waals surface area contributed by atoms with Crippen LogP contribution in [0.4, 0.5) is 9.18 Å². The minimum atomic E-state index is -3.97. The van der Waals surface area contributed by atoms with E-state index in [1.807, 2.05) is 0 Å². The molecule has 12 heteroatoms. The van der Waals surface area contributed by atoms with Gasteiger partial charge < -0.3 is 9.26 Å². The Labute approximate surface area is 189 Å². The van der Waals surface area contributed by atoms with Crippen LogP contribution in [0.15, 0.2) is 34.4 Å². The van der Waals surface area contributed by atoms with Crippen LogP contribution in [0.25, 0.3) is 0 Å². The monoisotopic (exact) mass is 479 g/mol. The van der Waals surface area contributed by atoms with Crippen LogP contribution in [0.2, 0.25) is 0 Å². The minimum Gasteiger partial charge on any atom is -0.380 e. The SMILES string of the molecule is Cc1cc(CN2C(=O)C3=CC(S(=O)(=O)NC4(CF)CC4)C=CC3=[N+](CC3COC3)C2=O)on1. The van der Waals surface area contributed by atoms with E-state index in [9.17, 15) is 22.4 Å². The van der Waals surface area contributed by atoms with E-state index in [4.69, 9.17) is 9.26 Å². The Morgan fingerprint density at radius 2 is 2.09 bits per heavy atom. The molecular formula is C21H24FN4O6S+. The van der Waals surface area contributed by atoms with Crippen molar-refractivity contribution in [2.24, 2.45) is 5.92 Å². The second-order valence-corrected chi connectivity index (χ2v) is 10.8. The molecule has 0 radical (unpaired) electrons. The number of imide groups is 1. The molecule has 176 valence electrons. The lowest BCUT2D eigenvalue weighted by molar-refractivity contribution is -0.453. The van der Waals surface area contributed by atoms with Crippen molar-refractivity contribution in [2.45, 2.75) is 37.1 Å². The molecule has 3 amide bonds. The van der Waals surface area contributed by atoms with Gasteiger partial charge in [0.15, 0.2) is 12.3 Å². The summed E-state index contributed by atoms with van der Waals surface area (Å²) in [5, 5.41) is 2.63. The van der Waals surface area contributed by atoms with Gasteiger partial charge in [0.25, 0.3) is 0 Å². The fourth-order valence-corrected chi connectivity index (χ4v) is 5.66. The Bertz CT molecular complexity index is 1210. The van der Waals surface area contributed by atoms with Gasteiger partial charge in [-0.2, -0.15) is 9.37 Å². The van der Waals surface area contributed by atoms with Crippen molar-refractivity contribution in [1.29, 1.82) is 0 Å². The second-order valence-electron chi connectivity index (χ2n) is 8.97. The number of carbonyl (C=O) groups excluding carboxylic acids is 2. The van der Waals surface area contributed by atoms with Crippen molar-refractivity contribution in [3.05, 3.63) is 41.3 Å². The Balaban J connectivity index is 1.50. The number of nitrogens with zero attached hydrogens (tertiary/aromatic N) is 3. The first-order valence-corrected chi connectivity index (χ1v) is 12.3. The summed E-state index contributed by atoms with van der Waals surface area (Å²) in [4.78, 5) is 27.6. The van der Waals surface area contributed by atoms with Crippen LogP contribution in [-0.4, -0.2) is 77.9 Å². The van der Waals surface area contributed by atoms with Gasteiger partial charge in [-0.1, -0.05) is 11.2 Å². The average molecular weight is 480 g/mol. The van der Waals surface area contributed by atoms with E-state index in [2.05, 4.69) is 9.88 Å². The number of nitrogens with one attached hydrogen (secondary N) is 1. The van der Waals surface area contributed by atoms with Crippen LogP contribution in [0.3, 0.4) is 0 Å². The maximum atomic E-state index is 13.3. The number of carbonyl (C=O) groups is 2. The van der Waals surface area contributed by atoms with Crippen LogP contribution < -0.4 is 4.72 Å². The number of allylic oxidation sites excluding steroid dienone is 1. The van der Waals surface area contributed by atoms with Crippen LogP contribution >= 0.6 is 0 Å². The van der Waals surface area contributed by atoms with Gasteiger partial charge in [-0.3, -0.25) is 0 Å². The van der Waals surface area contributed by atoms with Crippen LogP contribution in [0, 0.1) is 12.8 Å². The summed E-state index contributed by atoms with van der Waals surface area (Å²) in [6.07, 6.45) is 5.09. The molecule has 1 saturated carbocycles. The second kappa shape index (κ2) is 7.96. The lowest BCUT2D eigenvalue weighted by atomic mass is 9.98. The summed E-state index contributed by atoms with van der Waals surface area (Å²) in [6, 6.07) is 1.11. The zero-order valence-corrected chi connectivity index (χ0v) is 18.8. The fraction of sp³-hybridized carbons (Fsp3) is 0.524. The maximum absolute atomic E-state index is 13.3. The largest absolute Gasteiger partial charge is 0.501 e. The number of sulfonamides is 1. The van der Waals surface area contributed by atoms with Crippen molar-refractivity contribution < 1.29 is 36.2 Å². The highest BCUT2D eigenvalue weighted by Gasteiger charge is 2.50. The predicted molar refractivity (Wildman–Crippen MR) is 113 cm³/mol. The van der Waals surface area contributed by atoms with Gasteiger partial charge in [-0.25, -0.2) is 22.3 Å². The third-order valence-electron chi connectivity index (χ3n) is 6.24. The van der Waals surface area contributed by atoms with Gasteiger partial charge in [-0.05, 0) is 31.9 Å². The van der Waals surface area contributed by atoms with E-state index in [0.29, 0.717) is 49.8 Å². The maximum Gasteiger partial charge on any atom is 0.501 e. The first-order valence-electron chi connectivity index (χ1n) is 10.7. The third kappa shape index (κ3) is 4.06. The summed E-state index contributed by atoms with van der Waals surface area (Å²) in [6.45, 7) is 2.14. The van der Waals surface area contributed by atoms with E-state index in [1.54, 1.807) is 13.0 Å². The number of alkyl halides is 1. The molecule has 0 spiro atoms. The first-order chi connectivity index (χ1) is 15.7. The summed E-state index contributed by atoms with van der Waals surface area (Å²) in [7, 11) is -3.97. The number of aryl methyl sites for hydroxylation is 1. The number of amides is 3. The molecule has 0 bridgehead atoms. The van der Waals surface area contributed by atoms with Crippen LogP contribution in [0.5, 0.6) is 0 Å². The molecule has 1 aromatic rings. The van der Waals surface area contributed by atoms with Gasteiger partial charge in [-0.15, -0.1) is 4.90 Å². The Morgan fingerprint density at radius 3 is 2.67 bits per heavy atom. The molecule has 3 heterocycles. The Hall–Kier alpha value is -2.70. The predicted octanol–water partition coefficient (Wildman–Crippen LogP) is 0.831. The molecule has 10 nitrogen and oxygen atoms in total. The summed E-state index contributed by atoms with van der Waals surface area (Å²) in [5.41, 5.74) is 0.0132. The smallest absolute Gasteiger partial charge is 0.380 e. The van der Waals surface area contributed by atoms with Gasteiger partial charge in [0.2, 0.25) is 10.0 Å². The number of ether oxygens (including phenoxy) is 1. The highest BCUT2D eigenvalue weighted by atomic mass is 32.2. The van der Waals surface area contributed by atoms with Crippen LogP contribution in [-0.2, 0) is 26.1 Å². The third-order valence-corrected chi connectivity index (χ3v) is 7.97. The Morgan fingerprint density at radius 1 is 1.33 bits per heavy atom. The molecule has 2 aliphatic carbocycles. The lowest BCUT2D eigenvalue weighted by Crippen LogP contribution is -2.54. The van der Waals surface area contributed by atoms with Crippen molar-refractivity contribution in [2.75, 3.05) is 26.4 Å². The van der Waals surface area contributed by atoms with E-state index >= 15 is 0 Å². The molecular weight excluding hydrogens is 455 g/mol. The number of hydrogen-bond acceptors (Lipinski definition) is 7. The molecule has 1 atom stereocenters.